The van der Waals surface area contributed by atoms with E-state index in [1.807, 2.05) is 50.2 Å². The fourth-order valence-electron chi connectivity index (χ4n) is 2.95. The molecule has 0 aliphatic rings. The Hall–Kier alpha value is -2.73. The van der Waals surface area contributed by atoms with Crippen molar-refractivity contribution in [2.45, 2.75) is 33.3 Å². The zero-order valence-electron chi connectivity index (χ0n) is 14.7. The number of carbonyl (C=O) groups is 1. The molecule has 1 atom stereocenters. The van der Waals surface area contributed by atoms with Crippen molar-refractivity contribution < 1.29 is 9.90 Å². The maximum atomic E-state index is 12.6. The molecule has 0 saturated heterocycles. The molecule has 0 aliphatic carbocycles. The molecular formula is C19H22N4O2. The Kier molecular flexibility index (Phi) is 4.81. The summed E-state index contributed by atoms with van der Waals surface area (Å²) in [7, 11) is 0. The number of aliphatic hydroxyl groups excluding tert-OH is 1. The van der Waals surface area contributed by atoms with Crippen LogP contribution in [0.3, 0.4) is 0 Å². The summed E-state index contributed by atoms with van der Waals surface area (Å²) in [6.45, 7) is 6.01. The van der Waals surface area contributed by atoms with Gasteiger partial charge in [-0.15, -0.1) is 0 Å². The third-order valence-corrected chi connectivity index (χ3v) is 4.18. The number of amides is 1. The van der Waals surface area contributed by atoms with Crippen molar-refractivity contribution in [3.63, 3.8) is 0 Å². The van der Waals surface area contributed by atoms with E-state index in [4.69, 9.17) is 0 Å². The number of aryl methyl sites for hydroxylation is 3. The molecule has 25 heavy (non-hydrogen) atoms. The van der Waals surface area contributed by atoms with Gasteiger partial charge in [-0.3, -0.25) is 4.79 Å². The monoisotopic (exact) mass is 338 g/mol. The Morgan fingerprint density at radius 1 is 1.24 bits per heavy atom. The number of carbonyl (C=O) groups excluding carboxylic acids is 1. The maximum Gasteiger partial charge on any atom is 0.257 e. The Balaban J connectivity index is 1.72. The molecule has 2 heterocycles. The van der Waals surface area contributed by atoms with Crippen LogP contribution >= 0.6 is 0 Å². The molecule has 0 saturated carbocycles. The summed E-state index contributed by atoms with van der Waals surface area (Å²) < 4.78 is 1.69. The molecular weight excluding hydrogens is 316 g/mol. The molecule has 0 aliphatic heterocycles. The summed E-state index contributed by atoms with van der Waals surface area (Å²) >= 11 is 0. The van der Waals surface area contributed by atoms with Crippen molar-refractivity contribution in [2.24, 2.45) is 0 Å². The minimum Gasteiger partial charge on any atom is -0.388 e. The largest absolute Gasteiger partial charge is 0.388 e. The number of nitrogens with zero attached hydrogens (tertiary/aromatic N) is 3. The third kappa shape index (κ3) is 3.53. The quantitative estimate of drug-likeness (QED) is 0.749. The highest BCUT2D eigenvalue weighted by Gasteiger charge is 2.19. The van der Waals surface area contributed by atoms with Crippen LogP contribution in [0.15, 0.2) is 36.4 Å². The van der Waals surface area contributed by atoms with E-state index in [9.17, 15) is 9.90 Å². The van der Waals surface area contributed by atoms with E-state index in [-0.39, 0.29) is 5.91 Å². The van der Waals surface area contributed by atoms with E-state index >= 15 is 0 Å². The van der Waals surface area contributed by atoms with Crippen LogP contribution in [0.1, 0.15) is 45.5 Å². The first-order chi connectivity index (χ1) is 12.0. The fraction of sp³-hybridized carbons (Fsp3) is 0.316. The van der Waals surface area contributed by atoms with Gasteiger partial charge < -0.3 is 10.4 Å². The van der Waals surface area contributed by atoms with Gasteiger partial charge in [0.15, 0.2) is 5.65 Å². The van der Waals surface area contributed by atoms with Gasteiger partial charge in [-0.05, 0) is 38.8 Å². The Labute approximate surface area is 146 Å². The van der Waals surface area contributed by atoms with Crippen LogP contribution in [0.4, 0.5) is 0 Å². The van der Waals surface area contributed by atoms with Crippen molar-refractivity contribution in [1.82, 2.24) is 19.9 Å². The highest BCUT2D eigenvalue weighted by molar-refractivity contribution is 6.01. The van der Waals surface area contributed by atoms with Gasteiger partial charge in [-0.2, -0.15) is 5.10 Å². The van der Waals surface area contributed by atoms with Crippen LogP contribution in [-0.2, 0) is 0 Å². The number of nitrogens with one attached hydrogen (secondary N) is 1. The van der Waals surface area contributed by atoms with Crippen molar-refractivity contribution in [2.75, 3.05) is 6.54 Å². The molecule has 1 aromatic carbocycles. The predicted octanol–water partition coefficient (Wildman–Crippen LogP) is 2.51. The number of benzene rings is 1. The maximum absolute atomic E-state index is 12.6. The molecule has 0 fully saturated rings. The van der Waals surface area contributed by atoms with Crippen LogP contribution in [0, 0.1) is 20.8 Å². The normalized spacial score (nSPS) is 12.3. The molecule has 6 nitrogen and oxygen atoms in total. The molecule has 0 bridgehead atoms. The second kappa shape index (κ2) is 7.03. The first-order valence-electron chi connectivity index (χ1n) is 8.32. The standard InChI is InChI=1S/C19H22N4O2/c1-12-11-13(2)23-18(21-12)17(14(3)22-23)19(25)20-10-9-16(24)15-7-5-4-6-8-15/h4-8,11,16,24H,9-10H2,1-3H3,(H,20,25). The minimum absolute atomic E-state index is 0.217. The average Bonchev–Trinajstić information content (AvgIpc) is 2.92. The van der Waals surface area contributed by atoms with Gasteiger partial charge >= 0.3 is 0 Å². The van der Waals surface area contributed by atoms with Gasteiger partial charge in [-0.1, -0.05) is 30.3 Å². The summed E-state index contributed by atoms with van der Waals surface area (Å²) in [5, 5.41) is 17.5. The number of fused-ring (bicyclic) bond motifs is 1. The van der Waals surface area contributed by atoms with Gasteiger partial charge in [0, 0.05) is 17.9 Å². The van der Waals surface area contributed by atoms with Crippen molar-refractivity contribution in [1.29, 1.82) is 0 Å². The first kappa shape index (κ1) is 17.1. The first-order valence-corrected chi connectivity index (χ1v) is 8.32. The lowest BCUT2D eigenvalue weighted by molar-refractivity contribution is 0.0943. The minimum atomic E-state index is -0.603. The summed E-state index contributed by atoms with van der Waals surface area (Å²) in [5.41, 5.74) is 4.32. The summed E-state index contributed by atoms with van der Waals surface area (Å²) in [5.74, 6) is -0.217. The number of hydrogen-bond donors (Lipinski definition) is 2. The van der Waals surface area contributed by atoms with Crippen molar-refractivity contribution >= 4 is 11.6 Å². The van der Waals surface area contributed by atoms with Gasteiger partial charge in [0.25, 0.3) is 5.91 Å². The molecule has 2 N–H and O–H groups in total. The molecule has 1 unspecified atom stereocenters. The van der Waals surface area contributed by atoms with Crippen LogP contribution in [-0.4, -0.2) is 32.2 Å². The number of rotatable bonds is 5. The molecule has 3 rings (SSSR count). The van der Waals surface area contributed by atoms with E-state index in [1.165, 1.54) is 0 Å². The summed E-state index contributed by atoms with van der Waals surface area (Å²) in [4.78, 5) is 17.1. The van der Waals surface area contributed by atoms with E-state index in [0.717, 1.165) is 17.0 Å². The van der Waals surface area contributed by atoms with Crippen molar-refractivity contribution in [3.8, 4) is 0 Å². The lowest BCUT2D eigenvalue weighted by Crippen LogP contribution is -2.26. The van der Waals surface area contributed by atoms with E-state index in [1.54, 1.807) is 11.4 Å². The van der Waals surface area contributed by atoms with Gasteiger partial charge in [-0.25, -0.2) is 9.50 Å². The van der Waals surface area contributed by atoms with Crippen LogP contribution in [0.2, 0.25) is 0 Å². The molecule has 2 aromatic heterocycles. The SMILES string of the molecule is Cc1cc(C)n2nc(C)c(C(=O)NCCC(O)c3ccccc3)c2n1. The third-order valence-electron chi connectivity index (χ3n) is 4.18. The van der Waals surface area contributed by atoms with Gasteiger partial charge in [0.1, 0.15) is 5.56 Å². The Bertz CT molecular complexity index is 903. The van der Waals surface area contributed by atoms with Gasteiger partial charge in [0.05, 0.1) is 11.8 Å². The van der Waals surface area contributed by atoms with Crippen molar-refractivity contribution in [3.05, 3.63) is 64.6 Å². The average molecular weight is 338 g/mol. The topological polar surface area (TPSA) is 79.5 Å². The summed E-state index contributed by atoms with van der Waals surface area (Å²) in [6, 6.07) is 11.3. The lowest BCUT2D eigenvalue weighted by Gasteiger charge is -2.11. The number of aromatic nitrogens is 3. The van der Waals surface area contributed by atoms with E-state index in [0.29, 0.717) is 29.9 Å². The molecule has 1 amide bonds. The molecule has 130 valence electrons. The molecule has 0 spiro atoms. The Morgan fingerprint density at radius 3 is 2.68 bits per heavy atom. The number of aliphatic hydroxyl groups is 1. The molecule has 6 heteroatoms. The van der Waals surface area contributed by atoms with E-state index < -0.39 is 6.10 Å². The highest BCUT2D eigenvalue weighted by atomic mass is 16.3. The van der Waals surface area contributed by atoms with Crippen LogP contribution in [0.25, 0.3) is 5.65 Å². The van der Waals surface area contributed by atoms with E-state index in [2.05, 4.69) is 15.4 Å². The van der Waals surface area contributed by atoms with Crippen LogP contribution in [0.5, 0.6) is 0 Å². The Morgan fingerprint density at radius 2 is 1.96 bits per heavy atom. The second-order valence-corrected chi connectivity index (χ2v) is 6.21. The molecule has 3 aromatic rings. The smallest absolute Gasteiger partial charge is 0.257 e. The molecule has 0 radical (unpaired) electrons. The fourth-order valence-corrected chi connectivity index (χ4v) is 2.95. The second-order valence-electron chi connectivity index (χ2n) is 6.21. The van der Waals surface area contributed by atoms with Gasteiger partial charge in [0.2, 0.25) is 0 Å². The summed E-state index contributed by atoms with van der Waals surface area (Å²) in [6.07, 6.45) is -0.159. The highest BCUT2D eigenvalue weighted by Crippen LogP contribution is 2.17. The number of hydrogen-bond acceptors (Lipinski definition) is 4. The van der Waals surface area contributed by atoms with Crippen LogP contribution < -0.4 is 5.32 Å². The predicted molar refractivity (Wildman–Crippen MR) is 95.6 cm³/mol. The lowest BCUT2D eigenvalue weighted by atomic mass is 10.1. The zero-order chi connectivity index (χ0) is 18.0. The zero-order valence-corrected chi connectivity index (χ0v) is 14.7.